The zero-order valence-corrected chi connectivity index (χ0v) is 17.4. The van der Waals surface area contributed by atoms with E-state index >= 15 is 0 Å². The number of H-pyrrole nitrogens is 1. The Hall–Kier alpha value is -2.69. The van der Waals surface area contributed by atoms with Gasteiger partial charge in [0.2, 0.25) is 7.28 Å². The van der Waals surface area contributed by atoms with Crippen molar-refractivity contribution in [2.75, 3.05) is 24.5 Å². The van der Waals surface area contributed by atoms with Crippen molar-refractivity contribution in [3.05, 3.63) is 53.7 Å². The molecule has 4 nitrogen and oxygen atoms in total. The fourth-order valence-electron chi connectivity index (χ4n) is 4.67. The van der Waals surface area contributed by atoms with Crippen molar-refractivity contribution in [2.45, 2.75) is 39.7 Å². The third-order valence-electron chi connectivity index (χ3n) is 6.09. The molecule has 0 fully saturated rings. The van der Waals surface area contributed by atoms with Gasteiger partial charge in [0, 0.05) is 60.4 Å². The zero-order valence-electron chi connectivity index (χ0n) is 17.4. The number of rotatable bonds is 5. The van der Waals surface area contributed by atoms with Gasteiger partial charge in [-0.3, -0.25) is 0 Å². The van der Waals surface area contributed by atoms with E-state index in [0.29, 0.717) is 0 Å². The summed E-state index contributed by atoms with van der Waals surface area (Å²) in [6.45, 7) is 8.60. The second-order valence-electron chi connectivity index (χ2n) is 8.14. The molecule has 147 valence electrons. The number of aromatic nitrogens is 1. The number of amidine groups is 1. The number of anilines is 1. The number of fused-ring (bicyclic) bond motifs is 4. The number of benzene rings is 2. The summed E-state index contributed by atoms with van der Waals surface area (Å²) in [5.74, 6) is 0. The van der Waals surface area contributed by atoms with E-state index < -0.39 is 0 Å². The van der Waals surface area contributed by atoms with E-state index in [-0.39, 0.29) is 0 Å². The Labute approximate surface area is 173 Å². The molecular weight excluding hydrogens is 355 g/mol. The molecule has 0 saturated heterocycles. The summed E-state index contributed by atoms with van der Waals surface area (Å²) >= 11 is 0. The molecule has 1 N–H and O–H groups in total. The summed E-state index contributed by atoms with van der Waals surface area (Å²) in [6.07, 6.45) is 3.35. The van der Waals surface area contributed by atoms with Gasteiger partial charge in [0.1, 0.15) is 0 Å². The Morgan fingerprint density at radius 1 is 1.10 bits per heavy atom. The first-order valence-electron chi connectivity index (χ1n) is 10.9. The largest absolute Gasteiger partial charge is 0.368 e. The van der Waals surface area contributed by atoms with Gasteiger partial charge >= 0.3 is 0 Å². The van der Waals surface area contributed by atoms with Crippen molar-refractivity contribution in [1.82, 2.24) is 9.88 Å². The van der Waals surface area contributed by atoms with Crippen LogP contribution in [0.1, 0.15) is 37.9 Å². The van der Waals surface area contributed by atoms with Crippen LogP contribution in [0.2, 0.25) is 0 Å². The molecule has 3 heterocycles. The molecule has 0 spiro atoms. The summed E-state index contributed by atoms with van der Waals surface area (Å²) in [7, 11) is 2.25. The summed E-state index contributed by atoms with van der Waals surface area (Å²) in [5, 5.41) is 1.36. The lowest BCUT2D eigenvalue weighted by Crippen LogP contribution is -2.37. The lowest BCUT2D eigenvalue weighted by molar-refractivity contribution is 0.423. The van der Waals surface area contributed by atoms with Crippen molar-refractivity contribution >= 4 is 40.8 Å². The van der Waals surface area contributed by atoms with Gasteiger partial charge in [-0.25, -0.2) is 4.99 Å². The van der Waals surface area contributed by atoms with E-state index in [1.54, 1.807) is 0 Å². The molecule has 0 bridgehead atoms. The third-order valence-corrected chi connectivity index (χ3v) is 6.09. The van der Waals surface area contributed by atoms with Gasteiger partial charge in [-0.15, -0.1) is 0 Å². The zero-order chi connectivity index (χ0) is 19.8. The van der Waals surface area contributed by atoms with Crippen LogP contribution in [-0.4, -0.2) is 42.5 Å². The number of hydrogen-bond acceptors (Lipinski definition) is 3. The average molecular weight is 383 g/mol. The van der Waals surface area contributed by atoms with Crippen molar-refractivity contribution in [3.63, 3.8) is 0 Å². The molecule has 29 heavy (non-hydrogen) atoms. The van der Waals surface area contributed by atoms with Crippen LogP contribution in [-0.2, 0) is 13.0 Å². The van der Waals surface area contributed by atoms with Crippen molar-refractivity contribution < 1.29 is 0 Å². The molecule has 3 aromatic rings. The first-order valence-corrected chi connectivity index (χ1v) is 10.9. The molecule has 0 unspecified atom stereocenters. The maximum Gasteiger partial charge on any atom is 0.243 e. The van der Waals surface area contributed by atoms with Gasteiger partial charge in [-0.2, -0.15) is 0 Å². The van der Waals surface area contributed by atoms with Gasteiger partial charge in [0.05, 0.1) is 11.4 Å². The Bertz CT molecular complexity index is 1060. The second-order valence-corrected chi connectivity index (χ2v) is 8.14. The number of nitrogens with zero attached hydrogens (tertiary/aromatic N) is 3. The molecule has 2 aliphatic rings. The lowest BCUT2D eigenvalue weighted by Gasteiger charge is -2.29. The first kappa shape index (κ1) is 18.4. The van der Waals surface area contributed by atoms with Gasteiger partial charge in [0.15, 0.2) is 0 Å². The number of nitrogens with one attached hydrogen (secondary N) is 1. The molecular formula is C24H28BN4. The molecule has 0 saturated carbocycles. The normalized spacial score (nSPS) is 15.1. The fraction of sp³-hybridized carbons (Fsp3) is 0.375. The van der Waals surface area contributed by atoms with Crippen molar-refractivity contribution in [2.24, 2.45) is 4.99 Å². The number of aliphatic imine (C=N–C) groups is 1. The average Bonchev–Trinajstić information content (AvgIpc) is 3.34. The molecule has 0 amide bonds. The lowest BCUT2D eigenvalue weighted by atomic mass is 9.69. The van der Waals surface area contributed by atoms with E-state index in [1.807, 2.05) is 0 Å². The minimum atomic E-state index is 0.955. The van der Waals surface area contributed by atoms with Crippen LogP contribution >= 0.6 is 0 Å². The highest BCUT2D eigenvalue weighted by atomic mass is 15.2. The van der Waals surface area contributed by atoms with Crippen LogP contribution < -0.4 is 10.4 Å². The summed E-state index contributed by atoms with van der Waals surface area (Å²) in [6, 6.07) is 15.4. The number of para-hydroxylation sites is 1. The molecule has 5 heteroatoms. The van der Waals surface area contributed by atoms with E-state index in [9.17, 15) is 0 Å². The van der Waals surface area contributed by atoms with Crippen LogP contribution in [0.5, 0.6) is 0 Å². The molecule has 0 aliphatic carbocycles. The molecule has 2 aromatic carbocycles. The van der Waals surface area contributed by atoms with Crippen molar-refractivity contribution in [3.8, 4) is 0 Å². The van der Waals surface area contributed by atoms with E-state index in [0.717, 1.165) is 56.9 Å². The Kier molecular flexibility index (Phi) is 4.82. The van der Waals surface area contributed by atoms with Gasteiger partial charge in [0.25, 0.3) is 0 Å². The van der Waals surface area contributed by atoms with E-state index in [1.165, 1.54) is 33.3 Å². The minimum absolute atomic E-state index is 0.955. The van der Waals surface area contributed by atoms with Crippen molar-refractivity contribution in [1.29, 1.82) is 0 Å². The fourth-order valence-corrected chi connectivity index (χ4v) is 4.67. The van der Waals surface area contributed by atoms with Gasteiger partial charge < -0.3 is 14.8 Å². The Balaban J connectivity index is 1.41. The molecule has 1 radical (unpaired) electrons. The third kappa shape index (κ3) is 3.33. The molecule has 2 aliphatic heterocycles. The molecule has 1 aromatic heterocycles. The monoisotopic (exact) mass is 383 g/mol. The Morgan fingerprint density at radius 2 is 1.93 bits per heavy atom. The van der Waals surface area contributed by atoms with Crippen LogP contribution in [0.25, 0.3) is 10.9 Å². The highest BCUT2D eigenvalue weighted by Crippen LogP contribution is 2.31. The number of hydrogen-bond donors (Lipinski definition) is 1. The van der Waals surface area contributed by atoms with Crippen LogP contribution in [0, 0.1) is 0 Å². The number of aromatic amines is 1. The predicted molar refractivity (Wildman–Crippen MR) is 124 cm³/mol. The predicted octanol–water partition coefficient (Wildman–Crippen LogP) is 4.18. The SMILES string of the molecule is CCCN(CCC)C1=Nc2cc(N3CCc4[nH]c5ccccc5c4C3)ccc2[B]1. The second kappa shape index (κ2) is 7.62. The van der Waals surface area contributed by atoms with Crippen LogP contribution in [0.15, 0.2) is 47.5 Å². The first-order chi connectivity index (χ1) is 14.3. The standard InChI is InChI=1S/C24H28BN4/c1-3-12-28(13-4-2)24-25-20-10-9-17(15-23(20)27-24)29-14-11-22-19(16-29)18-7-5-6-8-21(18)26-22/h5-10,15,26H,3-4,11-14,16H2,1-2H3. The maximum absolute atomic E-state index is 4.98. The smallest absolute Gasteiger partial charge is 0.243 e. The van der Waals surface area contributed by atoms with E-state index in [4.69, 9.17) is 4.99 Å². The minimum Gasteiger partial charge on any atom is -0.368 e. The van der Waals surface area contributed by atoms with Gasteiger partial charge in [-0.1, -0.05) is 43.6 Å². The quantitative estimate of drug-likeness (QED) is 0.671. The summed E-state index contributed by atoms with van der Waals surface area (Å²) in [4.78, 5) is 13.5. The molecule has 5 rings (SSSR count). The molecule has 0 atom stereocenters. The maximum atomic E-state index is 4.98. The summed E-state index contributed by atoms with van der Waals surface area (Å²) < 4.78 is 0. The highest BCUT2D eigenvalue weighted by Gasteiger charge is 2.24. The van der Waals surface area contributed by atoms with Crippen LogP contribution in [0.3, 0.4) is 0 Å². The highest BCUT2D eigenvalue weighted by molar-refractivity contribution is 6.87. The topological polar surface area (TPSA) is 34.6 Å². The van der Waals surface area contributed by atoms with E-state index in [2.05, 4.69) is 78.4 Å². The van der Waals surface area contributed by atoms with Crippen LogP contribution in [0.4, 0.5) is 11.4 Å². The summed E-state index contributed by atoms with van der Waals surface area (Å²) in [5.41, 5.74) is 8.84. The Morgan fingerprint density at radius 3 is 2.76 bits per heavy atom. The van der Waals surface area contributed by atoms with Gasteiger partial charge in [-0.05, 0) is 31.0 Å².